The first kappa shape index (κ1) is 22.4. The van der Waals surface area contributed by atoms with Gasteiger partial charge >= 0.3 is 0 Å². The summed E-state index contributed by atoms with van der Waals surface area (Å²) in [4.78, 5) is 15.9. The van der Waals surface area contributed by atoms with E-state index in [0.717, 1.165) is 0 Å². The molecule has 4 rings (SSSR count). The van der Waals surface area contributed by atoms with Gasteiger partial charge in [0.15, 0.2) is 5.82 Å². The molecule has 2 aromatic carbocycles. The van der Waals surface area contributed by atoms with Gasteiger partial charge in [-0.25, -0.2) is 13.4 Å². The first-order valence-corrected chi connectivity index (χ1v) is 11.4. The highest BCUT2D eigenvalue weighted by Crippen LogP contribution is 2.32. The average molecular weight is 487 g/mol. The zero-order valence-electron chi connectivity index (χ0n) is 17.5. The smallest absolute Gasteiger partial charge is 0.261 e. The second-order valence-corrected chi connectivity index (χ2v) is 9.13. The van der Waals surface area contributed by atoms with Crippen molar-refractivity contribution in [2.24, 2.45) is 0 Å². The molecule has 12 heteroatoms. The third-order valence-corrected chi connectivity index (χ3v) is 6.42. The number of anilines is 3. The van der Waals surface area contributed by atoms with E-state index >= 15 is 0 Å². The van der Waals surface area contributed by atoms with Crippen LogP contribution in [0.4, 0.5) is 17.2 Å². The first-order chi connectivity index (χ1) is 15.7. The third-order valence-electron chi connectivity index (χ3n) is 4.72. The molecule has 0 fully saturated rings. The Kier molecular flexibility index (Phi) is 5.83. The van der Waals surface area contributed by atoms with Gasteiger partial charge in [0.25, 0.3) is 10.0 Å². The number of amides is 1. The van der Waals surface area contributed by atoms with Crippen LogP contribution in [0.15, 0.2) is 53.4 Å². The fourth-order valence-corrected chi connectivity index (χ4v) is 4.56. The van der Waals surface area contributed by atoms with E-state index in [-0.39, 0.29) is 33.0 Å². The van der Waals surface area contributed by atoms with Crippen molar-refractivity contribution in [2.75, 3.05) is 22.9 Å². The molecule has 0 aliphatic carbocycles. The van der Waals surface area contributed by atoms with Crippen molar-refractivity contribution >= 4 is 55.8 Å². The van der Waals surface area contributed by atoms with E-state index in [1.807, 2.05) is 0 Å². The van der Waals surface area contributed by atoms with Gasteiger partial charge in [0, 0.05) is 12.5 Å². The van der Waals surface area contributed by atoms with Crippen LogP contribution in [0.1, 0.15) is 6.92 Å². The van der Waals surface area contributed by atoms with Crippen molar-refractivity contribution in [3.05, 3.63) is 53.6 Å². The van der Waals surface area contributed by atoms with E-state index in [2.05, 4.69) is 25.2 Å². The number of nitrogens with zero attached hydrogens (tertiary/aromatic N) is 2. The minimum Gasteiger partial charge on any atom is -0.495 e. The lowest BCUT2D eigenvalue weighted by molar-refractivity contribution is -0.114. The van der Waals surface area contributed by atoms with E-state index in [1.165, 1.54) is 38.3 Å². The highest BCUT2D eigenvalue weighted by Gasteiger charge is 2.18. The molecule has 10 nitrogen and oxygen atoms in total. The van der Waals surface area contributed by atoms with Crippen LogP contribution in [-0.2, 0) is 14.8 Å². The van der Waals surface area contributed by atoms with Crippen LogP contribution in [-0.4, -0.2) is 36.6 Å². The average Bonchev–Trinajstić information content (AvgIpc) is 3.13. The van der Waals surface area contributed by atoms with Gasteiger partial charge in [0.1, 0.15) is 11.3 Å². The third kappa shape index (κ3) is 4.54. The monoisotopic (exact) mass is 486 g/mol. The van der Waals surface area contributed by atoms with Crippen LogP contribution >= 0.6 is 11.6 Å². The molecular weight excluding hydrogens is 468 g/mol. The van der Waals surface area contributed by atoms with Crippen LogP contribution in [0.3, 0.4) is 0 Å². The molecule has 0 radical (unpaired) electrons. The summed E-state index contributed by atoms with van der Waals surface area (Å²) in [6.07, 6.45) is 0. The van der Waals surface area contributed by atoms with Crippen molar-refractivity contribution in [1.29, 1.82) is 0 Å². The number of carbonyl (C=O) groups excluding carboxylic acids is 1. The topological polar surface area (TPSA) is 152 Å². The summed E-state index contributed by atoms with van der Waals surface area (Å²) in [6, 6.07) is 12.4. The highest BCUT2D eigenvalue weighted by atomic mass is 35.5. The number of rotatable bonds is 6. The summed E-state index contributed by atoms with van der Waals surface area (Å²) in [5.41, 5.74) is 8.67. The number of aromatic amines is 1. The first-order valence-electron chi connectivity index (χ1n) is 9.57. The molecule has 2 heterocycles. The Bertz CT molecular complexity index is 1490. The van der Waals surface area contributed by atoms with Gasteiger partial charge in [-0.3, -0.25) is 14.6 Å². The van der Waals surface area contributed by atoms with E-state index in [4.69, 9.17) is 22.1 Å². The van der Waals surface area contributed by atoms with Crippen molar-refractivity contribution in [1.82, 2.24) is 15.2 Å². The summed E-state index contributed by atoms with van der Waals surface area (Å²) >= 11 is 6.43. The zero-order valence-corrected chi connectivity index (χ0v) is 19.1. The molecular formula is C21H19ClN6O4S. The number of ether oxygens (including phenoxy) is 1. The zero-order chi connectivity index (χ0) is 23.8. The highest BCUT2D eigenvalue weighted by molar-refractivity contribution is 7.92. The van der Waals surface area contributed by atoms with Crippen molar-refractivity contribution < 1.29 is 17.9 Å². The number of benzene rings is 2. The number of H-pyrrole nitrogens is 1. The van der Waals surface area contributed by atoms with Gasteiger partial charge < -0.3 is 15.8 Å². The lowest BCUT2D eigenvalue weighted by Gasteiger charge is -2.13. The van der Waals surface area contributed by atoms with Crippen LogP contribution in [0.2, 0.25) is 5.02 Å². The Morgan fingerprint density at radius 3 is 2.64 bits per heavy atom. The lowest BCUT2D eigenvalue weighted by atomic mass is 10.1. The molecule has 0 unspecified atom stereocenters. The Labute approximate surface area is 194 Å². The quantitative estimate of drug-likeness (QED) is 0.324. The van der Waals surface area contributed by atoms with Crippen molar-refractivity contribution in [3.63, 3.8) is 0 Å². The molecule has 5 N–H and O–H groups in total. The second kappa shape index (κ2) is 8.60. The lowest BCUT2D eigenvalue weighted by Crippen LogP contribution is -2.14. The Morgan fingerprint density at radius 2 is 1.94 bits per heavy atom. The number of hydrogen-bond acceptors (Lipinski definition) is 7. The maximum atomic E-state index is 12.9. The van der Waals surface area contributed by atoms with Crippen molar-refractivity contribution in [3.8, 4) is 17.0 Å². The van der Waals surface area contributed by atoms with E-state index < -0.39 is 10.0 Å². The molecule has 0 atom stereocenters. The second-order valence-electron chi connectivity index (χ2n) is 7.04. The number of carbonyl (C=O) groups is 1. The molecule has 33 heavy (non-hydrogen) atoms. The van der Waals surface area contributed by atoms with Gasteiger partial charge in [-0.05, 0) is 48.5 Å². The largest absolute Gasteiger partial charge is 0.495 e. The van der Waals surface area contributed by atoms with Crippen LogP contribution in [0.25, 0.3) is 22.3 Å². The number of methoxy groups -OCH3 is 1. The fourth-order valence-electron chi connectivity index (χ4n) is 3.21. The Morgan fingerprint density at radius 1 is 1.15 bits per heavy atom. The predicted octanol–water partition coefficient (Wildman–Crippen LogP) is 3.63. The molecule has 0 saturated carbocycles. The van der Waals surface area contributed by atoms with Gasteiger partial charge in [-0.1, -0.05) is 11.6 Å². The summed E-state index contributed by atoms with van der Waals surface area (Å²) < 4.78 is 33.5. The number of aromatic nitrogens is 3. The number of pyridine rings is 1. The van der Waals surface area contributed by atoms with Gasteiger partial charge in [0.2, 0.25) is 5.91 Å². The van der Waals surface area contributed by atoms with E-state index in [1.54, 1.807) is 24.3 Å². The standard InChI is InChI=1S/C21H19ClN6O4S/c1-11(29)24-18-10-13(4-8-19(18)32-2)33(30,31)28-12-3-5-14(15(22)9-12)16-6-7-17-20(25-16)21(23)27-26-17/h3-10,28H,1-2H3,(H,24,29)(H3,23,26,27). The molecule has 1 amide bonds. The molecule has 170 valence electrons. The van der Waals surface area contributed by atoms with Crippen molar-refractivity contribution in [2.45, 2.75) is 11.8 Å². The fraction of sp³-hybridized carbons (Fsp3) is 0.0952. The normalized spacial score (nSPS) is 11.4. The Hall–Kier alpha value is -3.83. The summed E-state index contributed by atoms with van der Waals surface area (Å²) in [7, 11) is -2.56. The molecule has 0 bridgehead atoms. The molecule has 0 saturated heterocycles. The Balaban J connectivity index is 1.63. The van der Waals surface area contributed by atoms with E-state index in [9.17, 15) is 13.2 Å². The number of nitrogen functional groups attached to an aromatic ring is 1. The predicted molar refractivity (Wildman–Crippen MR) is 127 cm³/mol. The van der Waals surface area contributed by atoms with Gasteiger partial charge in [-0.15, -0.1) is 0 Å². The summed E-state index contributed by atoms with van der Waals surface area (Å²) in [5.74, 6) is 0.243. The molecule has 0 spiro atoms. The summed E-state index contributed by atoms with van der Waals surface area (Å²) in [6.45, 7) is 1.32. The number of fused-ring (bicyclic) bond motifs is 1. The van der Waals surface area contributed by atoms with Gasteiger partial charge in [0.05, 0.1) is 39.6 Å². The van der Waals surface area contributed by atoms with Gasteiger partial charge in [-0.2, -0.15) is 5.10 Å². The molecule has 2 aromatic heterocycles. The number of hydrogen-bond donors (Lipinski definition) is 4. The van der Waals surface area contributed by atoms with E-state index in [0.29, 0.717) is 28.0 Å². The molecule has 0 aliphatic rings. The minimum atomic E-state index is -3.98. The number of nitrogens with two attached hydrogens (primary N) is 1. The van der Waals surface area contributed by atoms with Crippen LogP contribution < -0.4 is 20.5 Å². The number of nitrogens with one attached hydrogen (secondary N) is 3. The number of halogens is 1. The molecule has 0 aliphatic heterocycles. The van der Waals surface area contributed by atoms with Crippen LogP contribution in [0.5, 0.6) is 5.75 Å². The maximum absolute atomic E-state index is 12.9. The SMILES string of the molecule is COc1ccc(S(=O)(=O)Nc2ccc(-c3ccc4[nH]nc(N)c4n3)c(Cl)c2)cc1NC(C)=O. The van der Waals surface area contributed by atoms with Crippen LogP contribution in [0, 0.1) is 0 Å². The number of sulfonamides is 1. The summed E-state index contributed by atoms with van der Waals surface area (Å²) in [5, 5.41) is 9.53. The molecule has 4 aromatic rings. The minimum absolute atomic E-state index is 0.0604. The maximum Gasteiger partial charge on any atom is 0.261 e.